The van der Waals surface area contributed by atoms with Gasteiger partial charge in [0.05, 0.1) is 0 Å². The number of rotatable bonds is 5. The third kappa shape index (κ3) is 4.94. The first-order chi connectivity index (χ1) is 10.3. The molecule has 0 aliphatic rings. The van der Waals surface area contributed by atoms with Crippen molar-refractivity contribution in [2.75, 3.05) is 5.43 Å². The zero-order chi connectivity index (χ0) is 16.2. The molecule has 22 heavy (non-hydrogen) atoms. The van der Waals surface area contributed by atoms with Gasteiger partial charge in [-0.2, -0.15) is 0 Å². The van der Waals surface area contributed by atoms with Crippen LogP contribution in [0.5, 0.6) is 0 Å². The second-order valence-electron chi connectivity index (χ2n) is 4.96. The summed E-state index contributed by atoms with van der Waals surface area (Å²) in [6.45, 7) is 5.59. The van der Waals surface area contributed by atoms with E-state index in [1.165, 1.54) is 6.08 Å². The molecule has 0 spiro atoms. The molecule has 1 aromatic carbocycles. The predicted molar refractivity (Wildman–Crippen MR) is 87.4 cm³/mol. The van der Waals surface area contributed by atoms with Crippen molar-refractivity contribution < 1.29 is 8.42 Å². The molecule has 1 aromatic heterocycles. The van der Waals surface area contributed by atoms with Crippen LogP contribution in [0.25, 0.3) is 6.08 Å². The van der Waals surface area contributed by atoms with Gasteiger partial charge >= 0.3 is 0 Å². The van der Waals surface area contributed by atoms with Crippen molar-refractivity contribution >= 4 is 22.0 Å². The molecule has 7 heteroatoms. The van der Waals surface area contributed by atoms with E-state index >= 15 is 0 Å². The van der Waals surface area contributed by atoms with Gasteiger partial charge in [-0.25, -0.2) is 18.4 Å². The maximum absolute atomic E-state index is 11.9. The van der Waals surface area contributed by atoms with Crippen LogP contribution >= 0.6 is 0 Å². The highest BCUT2D eigenvalue weighted by atomic mass is 32.2. The Kier molecular flexibility index (Phi) is 4.89. The summed E-state index contributed by atoms with van der Waals surface area (Å²) in [5, 5.41) is 1.09. The van der Waals surface area contributed by atoms with E-state index in [1.54, 1.807) is 6.07 Å². The molecule has 1 heterocycles. The Bertz CT molecular complexity index is 763. The van der Waals surface area contributed by atoms with Crippen molar-refractivity contribution in [1.82, 2.24) is 14.8 Å². The van der Waals surface area contributed by atoms with E-state index in [1.807, 2.05) is 45.0 Å². The number of nitrogens with zero attached hydrogens (tertiary/aromatic N) is 2. The second kappa shape index (κ2) is 6.67. The molecule has 0 radical (unpaired) electrons. The number of benzene rings is 1. The molecule has 6 nitrogen and oxygen atoms in total. The molecule has 2 aromatic rings. The summed E-state index contributed by atoms with van der Waals surface area (Å²) in [6, 6.07) is 9.34. The van der Waals surface area contributed by atoms with Gasteiger partial charge in [-0.05, 0) is 38.5 Å². The van der Waals surface area contributed by atoms with Gasteiger partial charge in [-0.15, -0.1) is 4.83 Å². The Labute approximate surface area is 130 Å². The minimum atomic E-state index is -3.64. The van der Waals surface area contributed by atoms with E-state index in [0.717, 1.165) is 27.9 Å². The van der Waals surface area contributed by atoms with Gasteiger partial charge < -0.3 is 0 Å². The smallest absolute Gasteiger partial charge is 0.250 e. The van der Waals surface area contributed by atoms with Crippen LogP contribution in [0.15, 0.2) is 35.7 Å². The lowest BCUT2D eigenvalue weighted by Gasteiger charge is -2.06. The minimum Gasteiger partial charge on any atom is -0.276 e. The van der Waals surface area contributed by atoms with Gasteiger partial charge in [-0.3, -0.25) is 5.43 Å². The first kappa shape index (κ1) is 16.1. The van der Waals surface area contributed by atoms with Crippen LogP contribution in [0.2, 0.25) is 0 Å². The molecular formula is C15H18N4O2S. The Balaban J connectivity index is 2.03. The van der Waals surface area contributed by atoms with Crippen molar-refractivity contribution in [1.29, 1.82) is 0 Å². The lowest BCUT2D eigenvalue weighted by Crippen LogP contribution is -2.28. The van der Waals surface area contributed by atoms with Gasteiger partial charge in [0.15, 0.2) is 0 Å². The van der Waals surface area contributed by atoms with E-state index in [-0.39, 0.29) is 5.95 Å². The fourth-order valence-corrected chi connectivity index (χ4v) is 2.42. The Morgan fingerprint density at radius 1 is 1.00 bits per heavy atom. The lowest BCUT2D eigenvalue weighted by molar-refractivity contribution is 0.596. The molecule has 2 rings (SSSR count). The van der Waals surface area contributed by atoms with E-state index in [9.17, 15) is 8.42 Å². The topological polar surface area (TPSA) is 84.0 Å². The highest BCUT2D eigenvalue weighted by Gasteiger charge is 2.06. The molecule has 0 aliphatic heterocycles. The number of hydrazine groups is 1. The molecule has 0 aliphatic carbocycles. The van der Waals surface area contributed by atoms with Crippen molar-refractivity contribution in [3.63, 3.8) is 0 Å². The summed E-state index contributed by atoms with van der Waals surface area (Å²) in [5.74, 6) is 0.213. The van der Waals surface area contributed by atoms with Crippen LogP contribution in [0.4, 0.5) is 5.95 Å². The highest BCUT2D eigenvalue weighted by molar-refractivity contribution is 7.92. The Hall–Kier alpha value is -2.25. The SMILES string of the molecule is Cc1ccc(/C=C/S(=O)(=O)NNc2nc(C)cc(C)n2)cc1. The van der Waals surface area contributed by atoms with Gasteiger partial charge in [0, 0.05) is 16.8 Å². The normalized spacial score (nSPS) is 11.8. The molecule has 0 unspecified atom stereocenters. The number of hydrogen-bond acceptors (Lipinski definition) is 5. The lowest BCUT2D eigenvalue weighted by atomic mass is 10.2. The second-order valence-corrected chi connectivity index (χ2v) is 6.53. The van der Waals surface area contributed by atoms with Gasteiger partial charge in [0.1, 0.15) is 0 Å². The van der Waals surface area contributed by atoms with Gasteiger partial charge in [-0.1, -0.05) is 29.8 Å². The summed E-state index contributed by atoms with van der Waals surface area (Å²) in [4.78, 5) is 10.4. The van der Waals surface area contributed by atoms with Gasteiger partial charge in [0.25, 0.3) is 10.0 Å². The van der Waals surface area contributed by atoms with Crippen LogP contribution in [0.1, 0.15) is 22.5 Å². The first-order valence-corrected chi connectivity index (χ1v) is 8.23. The standard InChI is InChI=1S/C15H18N4O2S/c1-11-4-6-14(7-5-11)8-9-22(20,21)19-18-15-16-12(2)10-13(3)17-15/h4-10,19H,1-3H3,(H,16,17,18)/b9-8+. The van der Waals surface area contributed by atoms with E-state index in [0.29, 0.717) is 0 Å². The quantitative estimate of drug-likeness (QED) is 0.827. The molecule has 0 atom stereocenters. The average molecular weight is 318 g/mol. The molecule has 116 valence electrons. The van der Waals surface area contributed by atoms with Crippen molar-refractivity contribution in [2.24, 2.45) is 0 Å². The maximum atomic E-state index is 11.9. The third-order valence-electron chi connectivity index (χ3n) is 2.80. The molecule has 0 saturated carbocycles. The van der Waals surface area contributed by atoms with Crippen molar-refractivity contribution in [2.45, 2.75) is 20.8 Å². The fourth-order valence-electron chi connectivity index (χ4n) is 1.78. The predicted octanol–water partition coefficient (Wildman–Crippen LogP) is 2.32. The molecule has 0 fully saturated rings. The molecule has 0 saturated heterocycles. The number of aryl methyl sites for hydroxylation is 3. The van der Waals surface area contributed by atoms with Crippen LogP contribution in [0.3, 0.4) is 0 Å². The monoisotopic (exact) mass is 318 g/mol. The third-order valence-corrected chi connectivity index (χ3v) is 3.69. The van der Waals surface area contributed by atoms with Crippen LogP contribution in [0, 0.1) is 20.8 Å². The van der Waals surface area contributed by atoms with E-state index in [2.05, 4.69) is 20.2 Å². The largest absolute Gasteiger partial charge is 0.276 e. The fraction of sp³-hybridized carbons (Fsp3) is 0.200. The molecule has 0 amide bonds. The number of anilines is 1. The number of hydrogen-bond donors (Lipinski definition) is 2. The number of sulfonamides is 1. The Morgan fingerprint density at radius 3 is 2.18 bits per heavy atom. The number of aromatic nitrogens is 2. The Morgan fingerprint density at radius 2 is 1.59 bits per heavy atom. The summed E-state index contributed by atoms with van der Waals surface area (Å²) in [7, 11) is -3.64. The van der Waals surface area contributed by atoms with Gasteiger partial charge in [0.2, 0.25) is 5.95 Å². The molecule has 0 bridgehead atoms. The molecular weight excluding hydrogens is 300 g/mol. The van der Waals surface area contributed by atoms with E-state index < -0.39 is 10.0 Å². The number of nitrogens with one attached hydrogen (secondary N) is 2. The van der Waals surface area contributed by atoms with Crippen molar-refractivity contribution in [3.8, 4) is 0 Å². The zero-order valence-corrected chi connectivity index (χ0v) is 13.5. The minimum absolute atomic E-state index is 0.213. The first-order valence-electron chi connectivity index (χ1n) is 6.69. The van der Waals surface area contributed by atoms with Crippen molar-refractivity contribution in [3.05, 3.63) is 58.3 Å². The summed E-state index contributed by atoms with van der Waals surface area (Å²) < 4.78 is 23.8. The highest BCUT2D eigenvalue weighted by Crippen LogP contribution is 2.06. The van der Waals surface area contributed by atoms with Crippen LogP contribution < -0.4 is 10.3 Å². The summed E-state index contributed by atoms with van der Waals surface area (Å²) >= 11 is 0. The molecule has 2 N–H and O–H groups in total. The maximum Gasteiger partial charge on any atom is 0.250 e. The average Bonchev–Trinajstić information content (AvgIpc) is 2.44. The summed E-state index contributed by atoms with van der Waals surface area (Å²) in [5.41, 5.74) is 5.93. The zero-order valence-electron chi connectivity index (χ0n) is 12.7. The van der Waals surface area contributed by atoms with E-state index in [4.69, 9.17) is 0 Å². The van der Waals surface area contributed by atoms with Crippen LogP contribution in [-0.2, 0) is 10.0 Å². The van der Waals surface area contributed by atoms with Crippen LogP contribution in [-0.4, -0.2) is 18.4 Å². The summed E-state index contributed by atoms with van der Waals surface area (Å²) in [6.07, 6.45) is 1.52.